The zero-order valence-electron chi connectivity index (χ0n) is 13.7. The quantitative estimate of drug-likeness (QED) is 0.801. The Morgan fingerprint density at radius 3 is 2.48 bits per heavy atom. The first-order chi connectivity index (χ1) is 10.9. The minimum atomic E-state index is -1.06. The SMILES string of the molecule is CC(C)Oc1ccc(-n2nccc2N(C)C(C)NC(=O)O)cc1. The monoisotopic (exact) mass is 318 g/mol. The highest BCUT2D eigenvalue weighted by atomic mass is 16.5. The van der Waals surface area contributed by atoms with E-state index in [4.69, 9.17) is 9.84 Å². The minimum absolute atomic E-state index is 0.121. The number of nitrogens with one attached hydrogen (secondary N) is 1. The van der Waals surface area contributed by atoms with Crippen molar-refractivity contribution in [2.75, 3.05) is 11.9 Å². The maximum atomic E-state index is 10.8. The average molecular weight is 318 g/mol. The maximum Gasteiger partial charge on any atom is 0.406 e. The molecule has 7 heteroatoms. The van der Waals surface area contributed by atoms with E-state index >= 15 is 0 Å². The van der Waals surface area contributed by atoms with E-state index in [1.54, 1.807) is 22.7 Å². The van der Waals surface area contributed by atoms with Crippen LogP contribution in [-0.2, 0) is 0 Å². The summed E-state index contributed by atoms with van der Waals surface area (Å²) in [4.78, 5) is 12.6. The number of rotatable bonds is 6. The first-order valence-electron chi connectivity index (χ1n) is 7.42. The smallest absolute Gasteiger partial charge is 0.406 e. The molecule has 1 amide bonds. The van der Waals surface area contributed by atoms with Gasteiger partial charge in [-0.2, -0.15) is 5.10 Å². The fourth-order valence-electron chi connectivity index (χ4n) is 2.17. The molecule has 1 unspecified atom stereocenters. The van der Waals surface area contributed by atoms with Crippen molar-refractivity contribution >= 4 is 11.9 Å². The Labute approximate surface area is 135 Å². The highest BCUT2D eigenvalue weighted by Gasteiger charge is 2.16. The molecule has 1 heterocycles. The average Bonchev–Trinajstić information content (AvgIpc) is 2.95. The molecule has 1 aromatic carbocycles. The van der Waals surface area contributed by atoms with Crippen LogP contribution in [0.1, 0.15) is 20.8 Å². The second-order valence-corrected chi connectivity index (χ2v) is 5.50. The summed E-state index contributed by atoms with van der Waals surface area (Å²) in [5, 5.41) is 15.6. The molecule has 0 radical (unpaired) electrons. The molecule has 124 valence electrons. The summed E-state index contributed by atoms with van der Waals surface area (Å²) in [5.74, 6) is 1.58. The molecular weight excluding hydrogens is 296 g/mol. The van der Waals surface area contributed by atoms with E-state index in [9.17, 15) is 4.79 Å². The predicted octanol–water partition coefficient (Wildman–Crippen LogP) is 2.71. The lowest BCUT2D eigenvalue weighted by Crippen LogP contribution is -2.44. The molecule has 2 aromatic rings. The highest BCUT2D eigenvalue weighted by molar-refractivity contribution is 5.65. The fraction of sp³-hybridized carbons (Fsp3) is 0.375. The maximum absolute atomic E-state index is 10.8. The zero-order chi connectivity index (χ0) is 17.0. The summed E-state index contributed by atoms with van der Waals surface area (Å²) in [7, 11) is 1.81. The molecule has 23 heavy (non-hydrogen) atoms. The first kappa shape index (κ1) is 16.7. The van der Waals surface area contributed by atoms with Crippen LogP contribution >= 0.6 is 0 Å². The Balaban J connectivity index is 2.21. The van der Waals surface area contributed by atoms with Crippen molar-refractivity contribution in [1.82, 2.24) is 15.1 Å². The van der Waals surface area contributed by atoms with Crippen LogP contribution in [0.15, 0.2) is 36.5 Å². The van der Waals surface area contributed by atoms with Crippen molar-refractivity contribution in [2.24, 2.45) is 0 Å². The molecule has 0 fully saturated rings. The Morgan fingerprint density at radius 2 is 1.91 bits per heavy atom. The van der Waals surface area contributed by atoms with Gasteiger partial charge in [0.05, 0.1) is 18.0 Å². The van der Waals surface area contributed by atoms with Gasteiger partial charge in [0.25, 0.3) is 0 Å². The summed E-state index contributed by atoms with van der Waals surface area (Å²) in [6.45, 7) is 5.72. The van der Waals surface area contributed by atoms with E-state index in [1.165, 1.54) is 0 Å². The number of carbonyl (C=O) groups is 1. The number of hydrogen-bond acceptors (Lipinski definition) is 4. The summed E-state index contributed by atoms with van der Waals surface area (Å²) in [5.41, 5.74) is 0.871. The van der Waals surface area contributed by atoms with Crippen molar-refractivity contribution in [1.29, 1.82) is 0 Å². The topological polar surface area (TPSA) is 79.6 Å². The van der Waals surface area contributed by atoms with E-state index in [0.29, 0.717) is 0 Å². The van der Waals surface area contributed by atoms with Crippen LogP contribution in [0.25, 0.3) is 5.69 Å². The summed E-state index contributed by atoms with van der Waals surface area (Å²) in [6.07, 6.45) is 0.352. The molecule has 2 rings (SSSR count). The van der Waals surface area contributed by atoms with Gasteiger partial charge >= 0.3 is 6.09 Å². The molecule has 1 aromatic heterocycles. The Morgan fingerprint density at radius 1 is 1.26 bits per heavy atom. The number of nitrogens with zero attached hydrogens (tertiary/aromatic N) is 3. The number of hydrogen-bond donors (Lipinski definition) is 2. The van der Waals surface area contributed by atoms with E-state index in [1.807, 2.05) is 51.2 Å². The molecule has 0 aliphatic carbocycles. The van der Waals surface area contributed by atoms with Crippen LogP contribution < -0.4 is 15.0 Å². The molecule has 7 nitrogen and oxygen atoms in total. The molecule has 1 atom stereocenters. The molecule has 0 saturated heterocycles. The van der Waals surface area contributed by atoms with Gasteiger partial charge in [0, 0.05) is 13.1 Å². The third-order valence-electron chi connectivity index (χ3n) is 3.35. The van der Waals surface area contributed by atoms with Crippen LogP contribution in [0.2, 0.25) is 0 Å². The second-order valence-electron chi connectivity index (χ2n) is 5.50. The van der Waals surface area contributed by atoms with Crippen LogP contribution in [0.4, 0.5) is 10.6 Å². The third-order valence-corrected chi connectivity index (χ3v) is 3.35. The lowest BCUT2D eigenvalue weighted by molar-refractivity contribution is 0.190. The third kappa shape index (κ3) is 4.15. The van der Waals surface area contributed by atoms with Gasteiger partial charge in [-0.3, -0.25) is 0 Å². The first-order valence-corrected chi connectivity index (χ1v) is 7.42. The normalized spacial score (nSPS) is 12.0. The van der Waals surface area contributed by atoms with Crippen molar-refractivity contribution in [3.8, 4) is 11.4 Å². The van der Waals surface area contributed by atoms with Gasteiger partial charge in [-0.1, -0.05) is 0 Å². The fourth-order valence-corrected chi connectivity index (χ4v) is 2.17. The lowest BCUT2D eigenvalue weighted by Gasteiger charge is -2.26. The van der Waals surface area contributed by atoms with Crippen molar-refractivity contribution in [3.05, 3.63) is 36.5 Å². The summed E-state index contributed by atoms with van der Waals surface area (Å²) >= 11 is 0. The van der Waals surface area contributed by atoms with Crippen molar-refractivity contribution < 1.29 is 14.6 Å². The van der Waals surface area contributed by atoms with E-state index in [-0.39, 0.29) is 12.3 Å². The number of aromatic nitrogens is 2. The zero-order valence-corrected chi connectivity index (χ0v) is 13.7. The van der Waals surface area contributed by atoms with Crippen LogP contribution in [-0.4, -0.2) is 40.3 Å². The van der Waals surface area contributed by atoms with Gasteiger partial charge in [0.15, 0.2) is 0 Å². The van der Waals surface area contributed by atoms with Gasteiger partial charge in [-0.15, -0.1) is 0 Å². The standard InChI is InChI=1S/C16H22N4O3/c1-11(2)23-14-7-5-13(6-8-14)20-15(9-10-17-20)19(4)12(3)18-16(21)22/h5-12,18H,1-4H3,(H,21,22). The van der Waals surface area contributed by atoms with Gasteiger partial charge < -0.3 is 20.1 Å². The number of ether oxygens (including phenoxy) is 1. The van der Waals surface area contributed by atoms with Gasteiger partial charge in [0.2, 0.25) is 0 Å². The lowest BCUT2D eigenvalue weighted by atomic mass is 10.3. The molecular formula is C16H22N4O3. The molecule has 2 N–H and O–H groups in total. The van der Waals surface area contributed by atoms with E-state index in [0.717, 1.165) is 17.3 Å². The van der Waals surface area contributed by atoms with Crippen LogP contribution in [0, 0.1) is 0 Å². The Hall–Kier alpha value is -2.70. The number of carboxylic acid groups (broad SMARTS) is 1. The predicted molar refractivity (Wildman–Crippen MR) is 88.4 cm³/mol. The molecule has 0 aliphatic rings. The minimum Gasteiger partial charge on any atom is -0.491 e. The van der Waals surface area contributed by atoms with Crippen LogP contribution in [0.5, 0.6) is 5.75 Å². The number of amides is 1. The number of anilines is 1. The molecule has 0 spiro atoms. The molecule has 0 saturated carbocycles. The van der Waals surface area contributed by atoms with Crippen LogP contribution in [0.3, 0.4) is 0 Å². The van der Waals surface area contributed by atoms with Crippen molar-refractivity contribution in [2.45, 2.75) is 33.0 Å². The van der Waals surface area contributed by atoms with Crippen molar-refractivity contribution in [3.63, 3.8) is 0 Å². The van der Waals surface area contributed by atoms with Gasteiger partial charge in [-0.05, 0) is 45.0 Å². The number of benzene rings is 1. The summed E-state index contributed by atoms with van der Waals surface area (Å²) in [6, 6.07) is 9.44. The van der Waals surface area contributed by atoms with E-state index in [2.05, 4.69) is 10.4 Å². The second kappa shape index (κ2) is 7.04. The summed E-state index contributed by atoms with van der Waals surface area (Å²) < 4.78 is 7.38. The molecule has 0 bridgehead atoms. The van der Waals surface area contributed by atoms with Gasteiger partial charge in [-0.25, -0.2) is 9.48 Å². The van der Waals surface area contributed by atoms with Gasteiger partial charge in [0.1, 0.15) is 17.7 Å². The molecule has 0 aliphatic heterocycles. The highest BCUT2D eigenvalue weighted by Crippen LogP contribution is 2.22. The Kier molecular flexibility index (Phi) is 5.10. The Bertz CT molecular complexity index is 652. The van der Waals surface area contributed by atoms with E-state index < -0.39 is 6.09 Å². The largest absolute Gasteiger partial charge is 0.491 e.